The quantitative estimate of drug-likeness (QED) is 0.870. The van der Waals surface area contributed by atoms with Gasteiger partial charge in [0.1, 0.15) is 0 Å². The number of carbonyl (C=O) groups is 1. The highest BCUT2D eigenvalue weighted by molar-refractivity contribution is 7.18. The zero-order valence-corrected chi connectivity index (χ0v) is 11.3. The second-order valence-electron chi connectivity index (χ2n) is 4.39. The molecule has 2 N–H and O–H groups in total. The second-order valence-corrected chi connectivity index (χ2v) is 5.63. The summed E-state index contributed by atoms with van der Waals surface area (Å²) in [5.74, 6) is -0.753. The molecule has 96 valence electrons. The molecule has 0 saturated carbocycles. The molecule has 1 aromatic heterocycles. The van der Waals surface area contributed by atoms with Crippen molar-refractivity contribution < 1.29 is 9.90 Å². The SMILES string of the molecule is Cc1nc2ccc(NC(C)CCC(=O)O)cc2s1. The van der Waals surface area contributed by atoms with Gasteiger partial charge in [0.05, 0.1) is 15.2 Å². The van der Waals surface area contributed by atoms with Gasteiger partial charge in [-0.3, -0.25) is 4.79 Å². The number of anilines is 1. The lowest BCUT2D eigenvalue weighted by molar-refractivity contribution is -0.137. The number of nitrogens with zero attached hydrogens (tertiary/aromatic N) is 1. The Labute approximate surface area is 110 Å². The highest BCUT2D eigenvalue weighted by atomic mass is 32.1. The largest absolute Gasteiger partial charge is 0.481 e. The first-order valence-corrected chi connectivity index (χ1v) is 6.72. The summed E-state index contributed by atoms with van der Waals surface area (Å²) in [5, 5.41) is 13.0. The van der Waals surface area contributed by atoms with E-state index in [1.54, 1.807) is 11.3 Å². The minimum absolute atomic E-state index is 0.146. The predicted octanol–water partition coefficient (Wildman–Crippen LogP) is 3.27. The maximum absolute atomic E-state index is 10.5. The van der Waals surface area contributed by atoms with Gasteiger partial charge in [0.25, 0.3) is 0 Å². The number of aryl methyl sites for hydroxylation is 1. The van der Waals surface area contributed by atoms with Crippen LogP contribution < -0.4 is 5.32 Å². The molecule has 0 spiro atoms. The van der Waals surface area contributed by atoms with E-state index in [9.17, 15) is 4.79 Å². The van der Waals surface area contributed by atoms with Gasteiger partial charge in [-0.05, 0) is 38.5 Å². The molecule has 0 radical (unpaired) electrons. The summed E-state index contributed by atoms with van der Waals surface area (Å²) in [5.41, 5.74) is 2.03. The number of carboxylic acid groups (broad SMARTS) is 1. The number of benzene rings is 1. The summed E-state index contributed by atoms with van der Waals surface area (Å²) in [6.07, 6.45) is 0.811. The minimum Gasteiger partial charge on any atom is -0.481 e. The Bertz CT molecular complexity index is 565. The third-order valence-corrected chi connectivity index (χ3v) is 3.63. The summed E-state index contributed by atoms with van der Waals surface area (Å²) in [6.45, 7) is 3.98. The predicted molar refractivity (Wildman–Crippen MR) is 74.3 cm³/mol. The molecule has 4 nitrogen and oxygen atoms in total. The molecule has 1 heterocycles. The van der Waals surface area contributed by atoms with Crippen molar-refractivity contribution in [1.82, 2.24) is 4.98 Å². The molecule has 0 aliphatic rings. The molecular weight excluding hydrogens is 248 g/mol. The van der Waals surface area contributed by atoms with E-state index in [0.29, 0.717) is 6.42 Å². The van der Waals surface area contributed by atoms with E-state index in [1.807, 2.05) is 26.0 Å². The van der Waals surface area contributed by atoms with Gasteiger partial charge in [-0.2, -0.15) is 0 Å². The van der Waals surface area contributed by atoms with Crippen LogP contribution in [0.25, 0.3) is 10.2 Å². The lowest BCUT2D eigenvalue weighted by Crippen LogP contribution is -2.16. The van der Waals surface area contributed by atoms with Gasteiger partial charge >= 0.3 is 5.97 Å². The average molecular weight is 264 g/mol. The van der Waals surface area contributed by atoms with E-state index in [0.717, 1.165) is 20.9 Å². The van der Waals surface area contributed by atoms with Crippen LogP contribution in [0.3, 0.4) is 0 Å². The van der Waals surface area contributed by atoms with Crippen LogP contribution in [0.4, 0.5) is 5.69 Å². The molecule has 2 aromatic rings. The Morgan fingerprint density at radius 2 is 2.33 bits per heavy atom. The normalized spacial score (nSPS) is 12.6. The molecule has 0 bridgehead atoms. The molecule has 0 aliphatic carbocycles. The van der Waals surface area contributed by atoms with Crippen LogP contribution >= 0.6 is 11.3 Å². The number of aromatic nitrogens is 1. The first kappa shape index (κ1) is 12.8. The van der Waals surface area contributed by atoms with Crippen LogP contribution in [0.5, 0.6) is 0 Å². The number of nitrogens with one attached hydrogen (secondary N) is 1. The highest BCUT2D eigenvalue weighted by Crippen LogP contribution is 2.25. The molecule has 0 saturated heterocycles. The fourth-order valence-corrected chi connectivity index (χ4v) is 2.69. The van der Waals surface area contributed by atoms with E-state index in [-0.39, 0.29) is 12.5 Å². The highest BCUT2D eigenvalue weighted by Gasteiger charge is 2.07. The van der Waals surface area contributed by atoms with Gasteiger partial charge in [-0.1, -0.05) is 0 Å². The number of fused-ring (bicyclic) bond motifs is 1. The van der Waals surface area contributed by atoms with Crippen molar-refractivity contribution in [2.45, 2.75) is 32.7 Å². The van der Waals surface area contributed by atoms with E-state index >= 15 is 0 Å². The molecule has 0 fully saturated rings. The van der Waals surface area contributed by atoms with Crippen molar-refractivity contribution in [3.05, 3.63) is 23.2 Å². The van der Waals surface area contributed by atoms with Gasteiger partial charge in [0.15, 0.2) is 0 Å². The first-order valence-electron chi connectivity index (χ1n) is 5.90. The van der Waals surface area contributed by atoms with Crippen LogP contribution in [0.15, 0.2) is 18.2 Å². The van der Waals surface area contributed by atoms with Crippen LogP contribution in [-0.4, -0.2) is 22.1 Å². The Morgan fingerprint density at radius 3 is 3.06 bits per heavy atom. The molecule has 1 unspecified atom stereocenters. The van der Waals surface area contributed by atoms with Crippen LogP contribution in [0.2, 0.25) is 0 Å². The lowest BCUT2D eigenvalue weighted by atomic mass is 10.1. The zero-order valence-electron chi connectivity index (χ0n) is 10.4. The molecule has 5 heteroatoms. The second kappa shape index (κ2) is 5.35. The van der Waals surface area contributed by atoms with Crippen molar-refractivity contribution >= 4 is 33.2 Å². The summed E-state index contributed by atoms with van der Waals surface area (Å²) in [7, 11) is 0. The Kier molecular flexibility index (Phi) is 3.81. The molecule has 0 aliphatic heterocycles. The van der Waals surface area contributed by atoms with Crippen LogP contribution in [0.1, 0.15) is 24.8 Å². The number of aliphatic carboxylic acids is 1. The fourth-order valence-electron chi connectivity index (χ4n) is 1.83. The van der Waals surface area contributed by atoms with Crippen LogP contribution in [0, 0.1) is 6.92 Å². The topological polar surface area (TPSA) is 62.2 Å². The van der Waals surface area contributed by atoms with Crippen molar-refractivity contribution in [1.29, 1.82) is 0 Å². The van der Waals surface area contributed by atoms with Gasteiger partial charge in [-0.25, -0.2) is 4.98 Å². The number of thiazole rings is 1. The fraction of sp³-hybridized carbons (Fsp3) is 0.385. The molecular formula is C13H16N2O2S. The average Bonchev–Trinajstić information content (AvgIpc) is 2.66. The Morgan fingerprint density at radius 1 is 1.56 bits per heavy atom. The van der Waals surface area contributed by atoms with Crippen molar-refractivity contribution in [2.75, 3.05) is 5.32 Å². The third-order valence-electron chi connectivity index (χ3n) is 2.70. The Balaban J connectivity index is 2.04. The monoisotopic (exact) mass is 264 g/mol. The number of rotatable bonds is 5. The number of hydrogen-bond acceptors (Lipinski definition) is 4. The summed E-state index contributed by atoms with van der Waals surface area (Å²) >= 11 is 1.67. The minimum atomic E-state index is -0.753. The first-order chi connectivity index (χ1) is 8.54. The van der Waals surface area contributed by atoms with Crippen molar-refractivity contribution in [2.24, 2.45) is 0 Å². The van der Waals surface area contributed by atoms with Gasteiger partial charge in [-0.15, -0.1) is 11.3 Å². The van der Waals surface area contributed by atoms with E-state index < -0.39 is 5.97 Å². The molecule has 1 aromatic carbocycles. The maximum atomic E-state index is 10.5. The van der Waals surface area contributed by atoms with E-state index in [1.165, 1.54) is 0 Å². The van der Waals surface area contributed by atoms with Crippen molar-refractivity contribution in [3.8, 4) is 0 Å². The zero-order chi connectivity index (χ0) is 13.1. The van der Waals surface area contributed by atoms with Crippen molar-refractivity contribution in [3.63, 3.8) is 0 Å². The third kappa shape index (κ3) is 3.20. The smallest absolute Gasteiger partial charge is 0.303 e. The summed E-state index contributed by atoms with van der Waals surface area (Å²) in [6, 6.07) is 6.19. The maximum Gasteiger partial charge on any atom is 0.303 e. The number of hydrogen-bond donors (Lipinski definition) is 2. The van der Waals surface area contributed by atoms with Gasteiger partial charge < -0.3 is 10.4 Å². The lowest BCUT2D eigenvalue weighted by Gasteiger charge is -2.13. The molecule has 18 heavy (non-hydrogen) atoms. The number of carboxylic acids is 1. The molecule has 0 amide bonds. The standard InChI is InChI=1S/C13H16N2O2S/c1-8(3-6-13(16)17)14-10-4-5-11-12(7-10)18-9(2)15-11/h4-5,7-8,14H,3,6H2,1-2H3,(H,16,17). The molecule has 2 rings (SSSR count). The van der Waals surface area contributed by atoms with Crippen LogP contribution in [-0.2, 0) is 4.79 Å². The van der Waals surface area contributed by atoms with Gasteiger partial charge in [0, 0.05) is 18.2 Å². The van der Waals surface area contributed by atoms with E-state index in [4.69, 9.17) is 5.11 Å². The van der Waals surface area contributed by atoms with Gasteiger partial charge in [0.2, 0.25) is 0 Å². The van der Waals surface area contributed by atoms with E-state index in [2.05, 4.69) is 16.4 Å². The Hall–Kier alpha value is -1.62. The summed E-state index contributed by atoms with van der Waals surface area (Å²) < 4.78 is 1.16. The summed E-state index contributed by atoms with van der Waals surface area (Å²) in [4.78, 5) is 14.9. The molecule has 1 atom stereocenters.